The Kier molecular flexibility index (Phi) is 6.58. The predicted molar refractivity (Wildman–Crippen MR) is 76.5 cm³/mol. The second-order valence-corrected chi connectivity index (χ2v) is 4.48. The highest BCUT2D eigenvalue weighted by Crippen LogP contribution is 2.13. The van der Waals surface area contributed by atoms with Crippen LogP contribution in [0.1, 0.15) is 32.3 Å². The maximum absolute atomic E-state index is 11.9. The summed E-state index contributed by atoms with van der Waals surface area (Å²) in [4.78, 5) is 23.2. The summed E-state index contributed by atoms with van der Waals surface area (Å²) in [6, 6.07) is 10.1. The number of imide groups is 1. The van der Waals surface area contributed by atoms with Gasteiger partial charge in [-0.25, -0.2) is 0 Å². The van der Waals surface area contributed by atoms with E-state index in [1.165, 1.54) is 11.6 Å². The van der Waals surface area contributed by atoms with Crippen LogP contribution >= 0.6 is 0 Å². The summed E-state index contributed by atoms with van der Waals surface area (Å²) in [5, 5.41) is 2.40. The molecule has 3 nitrogen and oxygen atoms in total. The van der Waals surface area contributed by atoms with E-state index in [0.717, 1.165) is 19.3 Å². The lowest BCUT2D eigenvalue weighted by atomic mass is 9.96. The van der Waals surface area contributed by atoms with Gasteiger partial charge in [0, 0.05) is 5.92 Å². The van der Waals surface area contributed by atoms with Gasteiger partial charge in [0.15, 0.2) is 0 Å². The number of hydrogen-bond acceptors (Lipinski definition) is 2. The van der Waals surface area contributed by atoms with Gasteiger partial charge in [-0.2, -0.15) is 0 Å². The summed E-state index contributed by atoms with van der Waals surface area (Å²) in [5.41, 5.74) is 1.22. The van der Waals surface area contributed by atoms with E-state index in [9.17, 15) is 9.59 Å². The highest BCUT2D eigenvalue weighted by atomic mass is 16.2. The summed E-state index contributed by atoms with van der Waals surface area (Å²) >= 11 is 0. The topological polar surface area (TPSA) is 46.2 Å². The molecule has 0 fully saturated rings. The molecule has 0 saturated heterocycles. The van der Waals surface area contributed by atoms with Gasteiger partial charge in [0.05, 0.1) is 0 Å². The van der Waals surface area contributed by atoms with E-state index >= 15 is 0 Å². The first-order chi connectivity index (χ1) is 9.17. The van der Waals surface area contributed by atoms with Crippen molar-refractivity contribution in [2.75, 3.05) is 0 Å². The van der Waals surface area contributed by atoms with E-state index in [0.29, 0.717) is 0 Å². The Balaban J connectivity index is 2.49. The van der Waals surface area contributed by atoms with E-state index in [2.05, 4.69) is 17.4 Å². The van der Waals surface area contributed by atoms with Gasteiger partial charge in [0.25, 0.3) is 0 Å². The van der Waals surface area contributed by atoms with Gasteiger partial charge < -0.3 is 0 Å². The molecule has 0 bridgehead atoms. The zero-order chi connectivity index (χ0) is 14.1. The quantitative estimate of drug-likeness (QED) is 0.798. The Hall–Kier alpha value is -1.90. The molecule has 0 aromatic heterocycles. The van der Waals surface area contributed by atoms with Crippen LogP contribution in [-0.2, 0) is 16.0 Å². The van der Waals surface area contributed by atoms with Crippen LogP contribution in [0.15, 0.2) is 42.5 Å². The Morgan fingerprint density at radius 2 is 1.95 bits per heavy atom. The van der Waals surface area contributed by atoms with Gasteiger partial charge in [-0.05, 0) is 37.8 Å². The number of amides is 2. The molecule has 0 aliphatic carbocycles. The van der Waals surface area contributed by atoms with Crippen molar-refractivity contribution in [1.82, 2.24) is 5.32 Å². The number of rotatable bonds is 6. The van der Waals surface area contributed by atoms with Gasteiger partial charge in [0.1, 0.15) is 0 Å². The standard InChI is InChI=1S/C16H21NO2/c1-3-8-15(18)17-16(19)14(4-2)12-11-13-9-6-5-7-10-13/h3,5-10,14H,4,11-12H2,1-2H3,(H,17,18,19)/b8-3-. The predicted octanol–water partition coefficient (Wildman–Crippen LogP) is 2.86. The van der Waals surface area contributed by atoms with Crippen molar-refractivity contribution >= 4 is 11.8 Å². The molecule has 0 spiro atoms. The Morgan fingerprint density at radius 1 is 1.26 bits per heavy atom. The van der Waals surface area contributed by atoms with Crippen LogP contribution in [0.3, 0.4) is 0 Å². The SMILES string of the molecule is C/C=C\C(=O)NC(=O)C(CC)CCc1ccccc1. The third-order valence-electron chi connectivity index (χ3n) is 3.05. The monoisotopic (exact) mass is 259 g/mol. The number of benzene rings is 1. The Bertz CT molecular complexity index is 437. The largest absolute Gasteiger partial charge is 0.293 e. The lowest BCUT2D eigenvalue weighted by molar-refractivity contribution is -0.131. The average Bonchev–Trinajstić information content (AvgIpc) is 2.40. The number of hydrogen-bond donors (Lipinski definition) is 1. The molecular weight excluding hydrogens is 238 g/mol. The first-order valence-corrected chi connectivity index (χ1v) is 6.68. The van der Waals surface area contributed by atoms with Crippen molar-refractivity contribution in [2.45, 2.75) is 33.1 Å². The van der Waals surface area contributed by atoms with E-state index in [-0.39, 0.29) is 17.7 Å². The molecule has 0 saturated carbocycles. The highest BCUT2D eigenvalue weighted by molar-refractivity contribution is 6.01. The van der Waals surface area contributed by atoms with Crippen LogP contribution in [0.4, 0.5) is 0 Å². The smallest absolute Gasteiger partial charge is 0.250 e. The van der Waals surface area contributed by atoms with Crippen LogP contribution in [0, 0.1) is 5.92 Å². The molecule has 1 aromatic rings. The number of allylic oxidation sites excluding steroid dienone is 1. The molecular formula is C16H21NO2. The molecule has 0 aliphatic rings. The fourth-order valence-corrected chi connectivity index (χ4v) is 1.92. The third kappa shape index (κ3) is 5.51. The van der Waals surface area contributed by atoms with Crippen molar-refractivity contribution < 1.29 is 9.59 Å². The Morgan fingerprint density at radius 3 is 2.53 bits per heavy atom. The first kappa shape index (κ1) is 15.2. The van der Waals surface area contributed by atoms with Crippen molar-refractivity contribution in [2.24, 2.45) is 5.92 Å². The third-order valence-corrected chi connectivity index (χ3v) is 3.05. The van der Waals surface area contributed by atoms with Crippen molar-refractivity contribution in [3.05, 3.63) is 48.0 Å². The van der Waals surface area contributed by atoms with Gasteiger partial charge in [-0.1, -0.05) is 43.3 Å². The van der Waals surface area contributed by atoms with E-state index < -0.39 is 0 Å². The molecule has 3 heteroatoms. The number of carbonyl (C=O) groups is 2. The molecule has 1 unspecified atom stereocenters. The van der Waals surface area contributed by atoms with Gasteiger partial charge in [-0.15, -0.1) is 0 Å². The molecule has 1 N–H and O–H groups in total. The van der Waals surface area contributed by atoms with Crippen LogP contribution in [0.2, 0.25) is 0 Å². The van der Waals surface area contributed by atoms with Crippen LogP contribution < -0.4 is 5.32 Å². The maximum atomic E-state index is 11.9. The highest BCUT2D eigenvalue weighted by Gasteiger charge is 2.17. The lowest BCUT2D eigenvalue weighted by Crippen LogP contribution is -2.34. The molecule has 1 aromatic carbocycles. The number of aryl methyl sites for hydroxylation is 1. The zero-order valence-electron chi connectivity index (χ0n) is 11.6. The van der Waals surface area contributed by atoms with Gasteiger partial charge >= 0.3 is 0 Å². The maximum Gasteiger partial charge on any atom is 0.250 e. The second-order valence-electron chi connectivity index (χ2n) is 4.48. The minimum atomic E-state index is -0.342. The summed E-state index contributed by atoms with van der Waals surface area (Å²) < 4.78 is 0. The van der Waals surface area contributed by atoms with Crippen LogP contribution in [-0.4, -0.2) is 11.8 Å². The summed E-state index contributed by atoms with van der Waals surface area (Å²) in [5.74, 6) is -0.637. The fourth-order valence-electron chi connectivity index (χ4n) is 1.92. The molecule has 0 aliphatic heterocycles. The summed E-state index contributed by atoms with van der Waals surface area (Å²) in [6.45, 7) is 3.71. The Labute approximate surface area is 114 Å². The average molecular weight is 259 g/mol. The van der Waals surface area contributed by atoms with Crippen LogP contribution in [0.5, 0.6) is 0 Å². The van der Waals surface area contributed by atoms with E-state index in [4.69, 9.17) is 0 Å². The van der Waals surface area contributed by atoms with Crippen molar-refractivity contribution in [3.63, 3.8) is 0 Å². The summed E-state index contributed by atoms with van der Waals surface area (Å²) in [7, 11) is 0. The van der Waals surface area contributed by atoms with Crippen molar-refractivity contribution in [3.8, 4) is 0 Å². The fraction of sp³-hybridized carbons (Fsp3) is 0.375. The minimum absolute atomic E-state index is 0.116. The second kappa shape index (κ2) is 8.25. The molecule has 0 radical (unpaired) electrons. The zero-order valence-corrected chi connectivity index (χ0v) is 11.6. The first-order valence-electron chi connectivity index (χ1n) is 6.68. The summed E-state index contributed by atoms with van der Waals surface area (Å²) in [6.07, 6.45) is 5.33. The number of carbonyl (C=O) groups excluding carboxylic acids is 2. The van der Waals surface area contributed by atoms with Crippen LogP contribution in [0.25, 0.3) is 0 Å². The van der Waals surface area contributed by atoms with Gasteiger partial charge in [-0.3, -0.25) is 14.9 Å². The molecule has 1 rings (SSSR count). The van der Waals surface area contributed by atoms with E-state index in [1.54, 1.807) is 13.0 Å². The number of nitrogens with one attached hydrogen (secondary N) is 1. The van der Waals surface area contributed by atoms with Crippen molar-refractivity contribution in [1.29, 1.82) is 0 Å². The molecule has 2 amide bonds. The molecule has 102 valence electrons. The molecule has 1 atom stereocenters. The molecule has 19 heavy (non-hydrogen) atoms. The molecule has 0 heterocycles. The van der Waals surface area contributed by atoms with E-state index in [1.807, 2.05) is 25.1 Å². The lowest BCUT2D eigenvalue weighted by Gasteiger charge is -2.13. The van der Waals surface area contributed by atoms with Gasteiger partial charge in [0.2, 0.25) is 11.8 Å². The minimum Gasteiger partial charge on any atom is -0.293 e. The normalized spacial score (nSPS) is 12.3.